The number of carbonyl (C=O) groups excluding carboxylic acids is 1. The summed E-state index contributed by atoms with van der Waals surface area (Å²) in [5.41, 5.74) is 1.21. The SMILES string of the molecule is COc1ccc(N(CC(=O)N[C@H](C)c2ccccc2)S(=O)(=O)c2ccccc2)cc1OC. The van der Waals surface area contributed by atoms with Crippen LogP contribution < -0.4 is 19.1 Å². The van der Waals surface area contributed by atoms with Gasteiger partial charge in [-0.05, 0) is 36.8 Å². The summed E-state index contributed by atoms with van der Waals surface area (Å²) < 4.78 is 38.5. The van der Waals surface area contributed by atoms with Gasteiger partial charge in [0.1, 0.15) is 6.54 Å². The maximum atomic E-state index is 13.5. The molecule has 1 atom stereocenters. The second kappa shape index (κ2) is 10.2. The Labute approximate surface area is 188 Å². The van der Waals surface area contributed by atoms with E-state index < -0.39 is 22.5 Å². The van der Waals surface area contributed by atoms with Gasteiger partial charge in [-0.1, -0.05) is 48.5 Å². The van der Waals surface area contributed by atoms with Crippen molar-refractivity contribution < 1.29 is 22.7 Å². The predicted octanol–water partition coefficient (Wildman–Crippen LogP) is 3.78. The Morgan fingerprint density at radius 1 is 0.906 bits per heavy atom. The monoisotopic (exact) mass is 454 g/mol. The fraction of sp³-hybridized carbons (Fsp3) is 0.208. The number of ether oxygens (including phenoxy) is 2. The number of hydrogen-bond acceptors (Lipinski definition) is 5. The fourth-order valence-electron chi connectivity index (χ4n) is 3.26. The Kier molecular flexibility index (Phi) is 7.37. The second-order valence-electron chi connectivity index (χ2n) is 7.06. The zero-order chi connectivity index (χ0) is 23.1. The largest absolute Gasteiger partial charge is 0.493 e. The highest BCUT2D eigenvalue weighted by Gasteiger charge is 2.28. The quantitative estimate of drug-likeness (QED) is 0.532. The van der Waals surface area contributed by atoms with Crippen LogP contribution in [-0.4, -0.2) is 35.1 Å². The molecule has 0 aliphatic heterocycles. The molecule has 0 aliphatic rings. The van der Waals surface area contributed by atoms with E-state index in [1.165, 1.54) is 32.4 Å². The van der Waals surface area contributed by atoms with Gasteiger partial charge in [0, 0.05) is 6.07 Å². The third-order valence-corrected chi connectivity index (χ3v) is 6.74. The highest BCUT2D eigenvalue weighted by Crippen LogP contribution is 2.33. The molecule has 0 spiro atoms. The van der Waals surface area contributed by atoms with E-state index in [2.05, 4.69) is 5.32 Å². The van der Waals surface area contributed by atoms with Crippen molar-refractivity contribution in [2.24, 2.45) is 0 Å². The summed E-state index contributed by atoms with van der Waals surface area (Å²) in [6, 6.07) is 21.9. The maximum absolute atomic E-state index is 13.5. The standard InChI is InChI=1S/C24H26N2O5S/c1-18(19-10-6-4-7-11-19)25-24(27)17-26(32(28,29)21-12-8-5-9-13-21)20-14-15-22(30-2)23(16-20)31-3/h4-16,18H,17H2,1-3H3,(H,25,27)/t18-/m1/s1. The molecule has 0 bridgehead atoms. The highest BCUT2D eigenvalue weighted by atomic mass is 32.2. The first kappa shape index (κ1) is 23.1. The van der Waals surface area contributed by atoms with Crippen LogP contribution in [0.25, 0.3) is 0 Å². The summed E-state index contributed by atoms with van der Waals surface area (Å²) in [6.45, 7) is 1.45. The van der Waals surface area contributed by atoms with Crippen molar-refractivity contribution >= 4 is 21.6 Å². The molecule has 1 amide bonds. The van der Waals surface area contributed by atoms with Gasteiger partial charge in [-0.3, -0.25) is 9.10 Å². The number of rotatable bonds is 9. The van der Waals surface area contributed by atoms with Gasteiger partial charge in [0.25, 0.3) is 10.0 Å². The Bertz CT molecular complexity index is 1150. The molecule has 3 rings (SSSR count). The minimum atomic E-state index is -4.02. The molecular formula is C24H26N2O5S. The number of sulfonamides is 1. The van der Waals surface area contributed by atoms with Gasteiger partial charge in [-0.15, -0.1) is 0 Å². The van der Waals surface area contributed by atoms with Gasteiger partial charge >= 0.3 is 0 Å². The number of nitrogens with zero attached hydrogens (tertiary/aromatic N) is 1. The van der Waals surface area contributed by atoms with E-state index in [1.807, 2.05) is 37.3 Å². The van der Waals surface area contributed by atoms with E-state index in [0.717, 1.165) is 9.87 Å². The molecule has 0 fully saturated rings. The Morgan fingerprint density at radius 2 is 1.50 bits per heavy atom. The van der Waals surface area contributed by atoms with Crippen LogP contribution in [0, 0.1) is 0 Å². The molecule has 0 heterocycles. The molecular weight excluding hydrogens is 428 g/mol. The van der Waals surface area contributed by atoms with E-state index >= 15 is 0 Å². The summed E-state index contributed by atoms with van der Waals surface area (Å²) in [5, 5.41) is 2.87. The van der Waals surface area contributed by atoms with Crippen LogP contribution in [0.15, 0.2) is 83.8 Å². The smallest absolute Gasteiger partial charge is 0.264 e. The maximum Gasteiger partial charge on any atom is 0.264 e. The molecule has 168 valence electrons. The van der Waals surface area contributed by atoms with E-state index in [-0.39, 0.29) is 16.6 Å². The van der Waals surface area contributed by atoms with Crippen LogP contribution in [0.3, 0.4) is 0 Å². The highest BCUT2D eigenvalue weighted by molar-refractivity contribution is 7.92. The van der Waals surface area contributed by atoms with Crippen LogP contribution in [-0.2, 0) is 14.8 Å². The number of benzene rings is 3. The van der Waals surface area contributed by atoms with E-state index in [9.17, 15) is 13.2 Å². The van der Waals surface area contributed by atoms with Crippen molar-refractivity contribution in [2.45, 2.75) is 17.9 Å². The Balaban J connectivity index is 1.95. The van der Waals surface area contributed by atoms with Gasteiger partial charge in [-0.25, -0.2) is 8.42 Å². The second-order valence-corrected chi connectivity index (χ2v) is 8.93. The molecule has 3 aromatic carbocycles. The average Bonchev–Trinajstić information content (AvgIpc) is 2.83. The van der Waals surface area contributed by atoms with E-state index in [0.29, 0.717) is 11.5 Å². The number of anilines is 1. The normalized spacial score (nSPS) is 12.0. The lowest BCUT2D eigenvalue weighted by molar-refractivity contribution is -0.120. The Hall–Kier alpha value is -3.52. The number of nitrogens with one attached hydrogen (secondary N) is 1. The van der Waals surface area contributed by atoms with Crippen molar-refractivity contribution in [3.8, 4) is 11.5 Å². The molecule has 32 heavy (non-hydrogen) atoms. The summed E-state index contributed by atoms with van der Waals surface area (Å²) in [7, 11) is -1.06. The lowest BCUT2D eigenvalue weighted by atomic mass is 10.1. The minimum absolute atomic E-state index is 0.0821. The van der Waals surface area contributed by atoms with Crippen molar-refractivity contribution in [1.82, 2.24) is 5.32 Å². The molecule has 1 N–H and O–H groups in total. The zero-order valence-electron chi connectivity index (χ0n) is 18.2. The van der Waals surface area contributed by atoms with Gasteiger partial charge in [-0.2, -0.15) is 0 Å². The number of carbonyl (C=O) groups is 1. The van der Waals surface area contributed by atoms with Crippen LogP contribution in [0.5, 0.6) is 11.5 Å². The minimum Gasteiger partial charge on any atom is -0.493 e. The number of hydrogen-bond donors (Lipinski definition) is 1. The lowest BCUT2D eigenvalue weighted by Crippen LogP contribution is -2.41. The zero-order valence-corrected chi connectivity index (χ0v) is 19.0. The predicted molar refractivity (Wildman–Crippen MR) is 124 cm³/mol. The van der Waals surface area contributed by atoms with Crippen molar-refractivity contribution in [3.05, 3.63) is 84.4 Å². The number of methoxy groups -OCH3 is 2. The van der Waals surface area contributed by atoms with Crippen molar-refractivity contribution in [1.29, 1.82) is 0 Å². The molecule has 0 saturated carbocycles. The number of amides is 1. The first-order chi connectivity index (χ1) is 15.4. The molecule has 0 saturated heterocycles. The average molecular weight is 455 g/mol. The third-order valence-electron chi connectivity index (χ3n) is 4.95. The van der Waals surface area contributed by atoms with Crippen LogP contribution in [0.4, 0.5) is 5.69 Å². The van der Waals surface area contributed by atoms with Crippen LogP contribution >= 0.6 is 0 Å². The van der Waals surface area contributed by atoms with Gasteiger partial charge < -0.3 is 14.8 Å². The first-order valence-electron chi connectivity index (χ1n) is 10.0. The summed E-state index contributed by atoms with van der Waals surface area (Å²) >= 11 is 0. The molecule has 3 aromatic rings. The van der Waals surface area contributed by atoms with Crippen molar-refractivity contribution in [2.75, 3.05) is 25.1 Å². The summed E-state index contributed by atoms with van der Waals surface area (Å²) in [5.74, 6) is 0.377. The molecule has 7 nitrogen and oxygen atoms in total. The molecule has 0 unspecified atom stereocenters. The summed E-state index contributed by atoms with van der Waals surface area (Å²) in [6.07, 6.45) is 0. The van der Waals surface area contributed by atoms with Gasteiger partial charge in [0.05, 0.1) is 30.8 Å². The van der Waals surface area contributed by atoms with Crippen LogP contribution in [0.1, 0.15) is 18.5 Å². The first-order valence-corrected chi connectivity index (χ1v) is 11.4. The summed E-state index contributed by atoms with van der Waals surface area (Å²) in [4.78, 5) is 13.0. The molecule has 0 aliphatic carbocycles. The lowest BCUT2D eigenvalue weighted by Gasteiger charge is -2.25. The van der Waals surface area contributed by atoms with Crippen LogP contribution in [0.2, 0.25) is 0 Å². The topological polar surface area (TPSA) is 84.9 Å². The fourth-order valence-corrected chi connectivity index (χ4v) is 4.69. The van der Waals surface area contributed by atoms with Gasteiger partial charge in [0.15, 0.2) is 11.5 Å². The van der Waals surface area contributed by atoms with Crippen molar-refractivity contribution in [3.63, 3.8) is 0 Å². The molecule has 8 heteroatoms. The van der Waals surface area contributed by atoms with E-state index in [1.54, 1.807) is 30.3 Å². The Morgan fingerprint density at radius 3 is 2.09 bits per heavy atom. The molecule has 0 aromatic heterocycles. The van der Waals surface area contributed by atoms with Gasteiger partial charge in [0.2, 0.25) is 5.91 Å². The van der Waals surface area contributed by atoms with E-state index in [4.69, 9.17) is 9.47 Å². The molecule has 0 radical (unpaired) electrons. The third kappa shape index (κ3) is 5.20.